The van der Waals surface area contributed by atoms with E-state index in [-0.39, 0.29) is 24.1 Å². The molecule has 1 atom stereocenters. The largest absolute Gasteiger partial charge is 0.394 e. The molecule has 0 saturated carbocycles. The van der Waals surface area contributed by atoms with Gasteiger partial charge in [-0.05, 0) is 18.8 Å². The zero-order chi connectivity index (χ0) is 14.6. The summed E-state index contributed by atoms with van der Waals surface area (Å²) < 4.78 is 0. The summed E-state index contributed by atoms with van der Waals surface area (Å²) in [6.45, 7) is 8.19. The highest BCUT2D eigenvalue weighted by atomic mass is 32.1. The van der Waals surface area contributed by atoms with Crippen LogP contribution in [0.5, 0.6) is 0 Å². The minimum Gasteiger partial charge on any atom is -0.394 e. The van der Waals surface area contributed by atoms with Crippen molar-refractivity contribution in [2.75, 3.05) is 19.0 Å². The average molecular weight is 285 g/mol. The van der Waals surface area contributed by atoms with E-state index in [1.807, 2.05) is 5.38 Å². The Kier molecular flexibility index (Phi) is 5.31. The number of likely N-dealkylation sites (N-methyl/N-ethyl adjacent to an activating group) is 1. The van der Waals surface area contributed by atoms with Gasteiger partial charge in [0.2, 0.25) is 0 Å². The Morgan fingerprint density at radius 2 is 2.21 bits per heavy atom. The minimum atomic E-state index is -0.252. The van der Waals surface area contributed by atoms with Crippen LogP contribution < -0.4 is 5.32 Å². The predicted octanol–water partition coefficient (Wildman–Crippen LogP) is 2.58. The summed E-state index contributed by atoms with van der Waals surface area (Å²) in [4.78, 5) is 17.7. The first kappa shape index (κ1) is 15.9. The van der Waals surface area contributed by atoms with E-state index in [1.165, 1.54) is 16.2 Å². The smallest absolute Gasteiger partial charge is 0.323 e. The average Bonchev–Trinajstić information content (AvgIpc) is 2.71. The lowest BCUT2D eigenvalue weighted by molar-refractivity contribution is 0.166. The molecule has 0 aliphatic heterocycles. The van der Waals surface area contributed by atoms with Crippen LogP contribution in [0.2, 0.25) is 0 Å². The zero-order valence-electron chi connectivity index (χ0n) is 12.2. The van der Waals surface area contributed by atoms with E-state index in [1.54, 1.807) is 14.0 Å². The number of hydrogen-bond donors (Lipinski definition) is 2. The Hall–Kier alpha value is -1.14. The van der Waals surface area contributed by atoms with Crippen molar-refractivity contribution in [3.05, 3.63) is 11.1 Å². The quantitative estimate of drug-likeness (QED) is 0.893. The summed E-state index contributed by atoms with van der Waals surface area (Å²) in [5, 5.41) is 14.3. The number of carbonyl (C=O) groups excluding carboxylic acids is 1. The normalized spacial score (nSPS) is 13.2. The van der Waals surface area contributed by atoms with Crippen LogP contribution in [0.3, 0.4) is 0 Å². The molecule has 1 unspecified atom stereocenters. The van der Waals surface area contributed by atoms with Crippen molar-refractivity contribution in [3.63, 3.8) is 0 Å². The molecule has 0 aromatic carbocycles. The first-order valence-electron chi connectivity index (χ1n) is 6.32. The molecule has 6 heteroatoms. The number of nitrogens with zero attached hydrogens (tertiary/aromatic N) is 2. The molecule has 19 heavy (non-hydrogen) atoms. The van der Waals surface area contributed by atoms with Gasteiger partial charge in [-0.3, -0.25) is 5.32 Å². The molecule has 0 bridgehead atoms. The molecular weight excluding hydrogens is 262 g/mol. The van der Waals surface area contributed by atoms with Crippen LogP contribution in [-0.2, 0) is 6.42 Å². The molecule has 1 aromatic heterocycles. The van der Waals surface area contributed by atoms with Crippen LogP contribution in [0.25, 0.3) is 0 Å². The summed E-state index contributed by atoms with van der Waals surface area (Å²) >= 11 is 1.42. The van der Waals surface area contributed by atoms with E-state index >= 15 is 0 Å². The number of aliphatic hydroxyl groups is 1. The predicted molar refractivity (Wildman–Crippen MR) is 78.6 cm³/mol. The number of urea groups is 1. The number of rotatable bonds is 4. The van der Waals surface area contributed by atoms with Crippen molar-refractivity contribution >= 4 is 22.5 Å². The number of carbonyl (C=O) groups is 1. The molecular formula is C13H23N3O2S. The van der Waals surface area contributed by atoms with Gasteiger partial charge in [0.15, 0.2) is 5.13 Å². The highest BCUT2D eigenvalue weighted by Crippen LogP contribution is 2.24. The van der Waals surface area contributed by atoms with E-state index < -0.39 is 0 Å². The van der Waals surface area contributed by atoms with Crippen LogP contribution in [0.15, 0.2) is 5.38 Å². The molecule has 0 fully saturated rings. The third-order valence-corrected chi connectivity index (χ3v) is 3.53. The summed E-state index contributed by atoms with van der Waals surface area (Å²) in [6.07, 6.45) is 0.877. The standard InChI is InChI=1S/C13H23N3O2S/c1-9(7-17)16(5)12(18)15-11-14-10(8-19-11)6-13(2,3)4/h8-9,17H,6-7H2,1-5H3,(H,14,15,18). The fourth-order valence-corrected chi connectivity index (χ4v) is 2.19. The van der Waals surface area contributed by atoms with Gasteiger partial charge in [0.25, 0.3) is 0 Å². The van der Waals surface area contributed by atoms with Gasteiger partial charge in [0, 0.05) is 12.4 Å². The minimum absolute atomic E-state index is 0.0585. The molecule has 0 aliphatic rings. The van der Waals surface area contributed by atoms with Gasteiger partial charge in [-0.2, -0.15) is 0 Å². The highest BCUT2D eigenvalue weighted by Gasteiger charge is 2.17. The number of thiazole rings is 1. The monoisotopic (exact) mass is 285 g/mol. The maximum Gasteiger partial charge on any atom is 0.323 e. The molecule has 0 saturated heterocycles. The van der Waals surface area contributed by atoms with Gasteiger partial charge in [-0.15, -0.1) is 11.3 Å². The lowest BCUT2D eigenvalue weighted by Gasteiger charge is -2.22. The van der Waals surface area contributed by atoms with E-state index in [9.17, 15) is 4.79 Å². The van der Waals surface area contributed by atoms with Crippen LogP contribution in [-0.4, -0.2) is 40.7 Å². The maximum atomic E-state index is 11.9. The Labute approximate surface area is 118 Å². The summed E-state index contributed by atoms with van der Waals surface area (Å²) in [7, 11) is 1.65. The summed E-state index contributed by atoms with van der Waals surface area (Å²) in [6, 6.07) is -0.466. The Bertz CT molecular complexity index is 426. The number of amides is 2. The van der Waals surface area contributed by atoms with Gasteiger partial charge in [0.1, 0.15) is 0 Å². The molecule has 0 spiro atoms. The lowest BCUT2D eigenvalue weighted by atomic mass is 9.91. The molecule has 2 amide bonds. The topological polar surface area (TPSA) is 65.5 Å². The summed E-state index contributed by atoms with van der Waals surface area (Å²) in [5.74, 6) is 0. The van der Waals surface area contributed by atoms with Gasteiger partial charge in [-0.25, -0.2) is 9.78 Å². The van der Waals surface area contributed by atoms with Crippen molar-refractivity contribution < 1.29 is 9.90 Å². The molecule has 1 aromatic rings. The number of nitrogens with one attached hydrogen (secondary N) is 1. The molecule has 1 rings (SSSR count). The van der Waals surface area contributed by atoms with Crippen molar-refractivity contribution in [2.24, 2.45) is 5.41 Å². The van der Waals surface area contributed by atoms with Gasteiger partial charge in [-0.1, -0.05) is 20.8 Å². The van der Waals surface area contributed by atoms with Crippen LogP contribution in [0, 0.1) is 5.41 Å². The van der Waals surface area contributed by atoms with E-state index in [0.717, 1.165) is 12.1 Å². The number of hydrogen-bond acceptors (Lipinski definition) is 4. The number of aliphatic hydroxyl groups excluding tert-OH is 1. The van der Waals surface area contributed by atoms with Crippen LogP contribution >= 0.6 is 11.3 Å². The first-order valence-corrected chi connectivity index (χ1v) is 7.20. The van der Waals surface area contributed by atoms with Crippen LogP contribution in [0.1, 0.15) is 33.4 Å². The van der Waals surface area contributed by atoms with Crippen molar-refractivity contribution in [2.45, 2.75) is 40.2 Å². The molecule has 5 nitrogen and oxygen atoms in total. The Morgan fingerprint density at radius 1 is 1.58 bits per heavy atom. The molecule has 0 aliphatic carbocycles. The zero-order valence-corrected chi connectivity index (χ0v) is 13.0. The molecule has 108 valence electrons. The molecule has 2 N–H and O–H groups in total. The fourth-order valence-electron chi connectivity index (χ4n) is 1.49. The van der Waals surface area contributed by atoms with E-state index in [0.29, 0.717) is 5.13 Å². The number of anilines is 1. The lowest BCUT2D eigenvalue weighted by Crippen LogP contribution is -2.40. The second-order valence-electron chi connectivity index (χ2n) is 5.95. The molecule has 1 heterocycles. The Morgan fingerprint density at radius 3 is 2.74 bits per heavy atom. The first-order chi connectivity index (χ1) is 8.73. The van der Waals surface area contributed by atoms with Gasteiger partial charge in [0.05, 0.1) is 18.3 Å². The van der Waals surface area contributed by atoms with Crippen molar-refractivity contribution in [1.82, 2.24) is 9.88 Å². The third-order valence-electron chi connectivity index (χ3n) is 2.72. The van der Waals surface area contributed by atoms with Crippen molar-refractivity contribution in [3.8, 4) is 0 Å². The summed E-state index contributed by atoms with van der Waals surface area (Å²) in [5.41, 5.74) is 1.17. The molecule has 0 radical (unpaired) electrons. The third kappa shape index (κ3) is 5.16. The highest BCUT2D eigenvalue weighted by molar-refractivity contribution is 7.13. The van der Waals surface area contributed by atoms with Gasteiger partial charge < -0.3 is 10.0 Å². The fraction of sp³-hybridized carbons (Fsp3) is 0.692. The Balaban J connectivity index is 2.61. The van der Waals surface area contributed by atoms with Crippen LogP contribution in [0.4, 0.5) is 9.93 Å². The SMILES string of the molecule is CC(CO)N(C)C(=O)Nc1nc(CC(C)(C)C)cs1. The van der Waals surface area contributed by atoms with Crippen molar-refractivity contribution in [1.29, 1.82) is 0 Å². The number of aromatic nitrogens is 1. The second kappa shape index (κ2) is 6.34. The maximum absolute atomic E-state index is 11.9. The second-order valence-corrected chi connectivity index (χ2v) is 6.81. The van der Waals surface area contributed by atoms with E-state index in [2.05, 4.69) is 31.1 Å². The van der Waals surface area contributed by atoms with Gasteiger partial charge >= 0.3 is 6.03 Å². The van der Waals surface area contributed by atoms with E-state index in [4.69, 9.17) is 5.11 Å².